The Morgan fingerprint density at radius 2 is 2.39 bits per heavy atom. The van der Waals surface area contributed by atoms with Crippen molar-refractivity contribution in [2.45, 2.75) is 6.17 Å². The fourth-order valence-electron chi connectivity index (χ4n) is 1.95. The van der Waals surface area contributed by atoms with Crippen molar-refractivity contribution in [1.82, 2.24) is 20.2 Å². The first kappa shape index (κ1) is 11.3. The van der Waals surface area contributed by atoms with E-state index < -0.39 is 0 Å². The minimum Gasteiger partial charge on any atom is -0.335 e. The maximum absolute atomic E-state index is 11.3. The first-order valence-corrected chi connectivity index (χ1v) is 6.41. The third-order valence-corrected chi connectivity index (χ3v) is 3.93. The highest BCUT2D eigenvalue weighted by Gasteiger charge is 2.29. The molecule has 0 aliphatic carbocycles. The molecule has 1 saturated heterocycles. The van der Waals surface area contributed by atoms with Gasteiger partial charge < -0.3 is 5.32 Å². The number of carbonyl (C=O) groups excluding carboxylic acids is 1. The number of thiazole rings is 1. The summed E-state index contributed by atoms with van der Waals surface area (Å²) in [6, 6.07) is 3.87. The van der Waals surface area contributed by atoms with Crippen molar-refractivity contribution < 1.29 is 4.79 Å². The smallest absolute Gasteiger partial charge is 0.235 e. The van der Waals surface area contributed by atoms with Crippen LogP contribution in [0.1, 0.15) is 11.0 Å². The zero-order valence-corrected chi connectivity index (χ0v) is 10.6. The standard InChI is InChI=1S/C12H12N4OS/c1-16-7-10(17)15-11(16)9-6-14-12(18-9)8-3-2-4-13-5-8/h2-6,11H,7H2,1H3,(H,15,17)/t11-/m0/s1. The molecule has 0 bridgehead atoms. The molecule has 3 rings (SSSR count). The van der Waals surface area contributed by atoms with Gasteiger partial charge in [-0.3, -0.25) is 14.7 Å². The van der Waals surface area contributed by atoms with E-state index in [0.717, 1.165) is 15.4 Å². The van der Waals surface area contributed by atoms with E-state index in [0.29, 0.717) is 6.54 Å². The number of hydrogen-bond donors (Lipinski definition) is 1. The molecule has 0 radical (unpaired) electrons. The molecule has 1 amide bonds. The van der Waals surface area contributed by atoms with Crippen molar-refractivity contribution >= 4 is 17.2 Å². The molecule has 1 N–H and O–H groups in total. The number of nitrogens with one attached hydrogen (secondary N) is 1. The number of amides is 1. The summed E-state index contributed by atoms with van der Waals surface area (Å²) >= 11 is 1.58. The Kier molecular flexibility index (Phi) is 2.81. The van der Waals surface area contributed by atoms with Gasteiger partial charge in [-0.25, -0.2) is 4.98 Å². The van der Waals surface area contributed by atoms with E-state index in [1.165, 1.54) is 0 Å². The Labute approximate surface area is 108 Å². The predicted octanol–water partition coefficient (Wildman–Crippen LogP) is 1.27. The van der Waals surface area contributed by atoms with Gasteiger partial charge >= 0.3 is 0 Å². The second-order valence-corrected chi connectivity index (χ2v) is 5.26. The monoisotopic (exact) mass is 260 g/mol. The molecule has 5 nitrogen and oxygen atoms in total. The Hall–Kier alpha value is -1.79. The van der Waals surface area contributed by atoms with Crippen molar-refractivity contribution in [3.05, 3.63) is 35.6 Å². The largest absolute Gasteiger partial charge is 0.335 e. The van der Waals surface area contributed by atoms with Crippen LogP contribution in [0.15, 0.2) is 30.7 Å². The van der Waals surface area contributed by atoms with Crippen LogP contribution in [0, 0.1) is 0 Å². The van der Waals surface area contributed by atoms with Gasteiger partial charge in [-0.15, -0.1) is 11.3 Å². The van der Waals surface area contributed by atoms with Crippen molar-refractivity contribution in [2.75, 3.05) is 13.6 Å². The van der Waals surface area contributed by atoms with E-state index in [-0.39, 0.29) is 12.1 Å². The van der Waals surface area contributed by atoms with Gasteiger partial charge in [-0.05, 0) is 19.2 Å². The van der Waals surface area contributed by atoms with Crippen molar-refractivity contribution in [3.63, 3.8) is 0 Å². The van der Waals surface area contributed by atoms with Crippen molar-refractivity contribution in [1.29, 1.82) is 0 Å². The van der Waals surface area contributed by atoms with Crippen LogP contribution in [-0.4, -0.2) is 34.4 Å². The lowest BCUT2D eigenvalue weighted by Gasteiger charge is -2.15. The van der Waals surface area contributed by atoms with Crippen LogP contribution in [0.5, 0.6) is 0 Å². The molecular weight excluding hydrogens is 248 g/mol. The Bertz CT molecular complexity index is 568. The molecule has 0 saturated carbocycles. The fourth-order valence-corrected chi connectivity index (χ4v) is 2.97. The topological polar surface area (TPSA) is 58.1 Å². The number of carbonyl (C=O) groups is 1. The molecule has 92 valence electrons. The molecule has 0 unspecified atom stereocenters. The average molecular weight is 260 g/mol. The molecular formula is C12H12N4OS. The number of likely N-dealkylation sites (N-methyl/N-ethyl adjacent to an activating group) is 1. The minimum atomic E-state index is -0.0552. The van der Waals surface area contributed by atoms with Crippen molar-refractivity contribution in [3.8, 4) is 10.6 Å². The molecule has 1 fully saturated rings. The molecule has 3 heterocycles. The lowest BCUT2D eigenvalue weighted by molar-refractivity contribution is -0.118. The lowest BCUT2D eigenvalue weighted by Crippen LogP contribution is -2.23. The van der Waals surface area contributed by atoms with E-state index in [1.807, 2.05) is 30.3 Å². The summed E-state index contributed by atoms with van der Waals surface area (Å²) < 4.78 is 0. The Morgan fingerprint density at radius 3 is 3.06 bits per heavy atom. The summed E-state index contributed by atoms with van der Waals surface area (Å²) in [6.07, 6.45) is 5.29. The third-order valence-electron chi connectivity index (χ3n) is 2.83. The molecule has 0 spiro atoms. The average Bonchev–Trinajstić information content (AvgIpc) is 2.97. The van der Waals surface area contributed by atoms with E-state index in [4.69, 9.17) is 0 Å². The SMILES string of the molecule is CN1CC(=O)N[C@@H]1c1cnc(-c2cccnc2)s1. The van der Waals surface area contributed by atoms with Crippen LogP contribution in [-0.2, 0) is 4.79 Å². The first-order chi connectivity index (χ1) is 8.74. The summed E-state index contributed by atoms with van der Waals surface area (Å²) in [7, 11) is 1.92. The Morgan fingerprint density at radius 1 is 1.50 bits per heavy atom. The Balaban J connectivity index is 1.88. The highest BCUT2D eigenvalue weighted by molar-refractivity contribution is 7.15. The maximum Gasteiger partial charge on any atom is 0.235 e. The highest BCUT2D eigenvalue weighted by Crippen LogP contribution is 2.30. The van der Waals surface area contributed by atoms with Gasteiger partial charge in [-0.1, -0.05) is 0 Å². The van der Waals surface area contributed by atoms with Crippen LogP contribution < -0.4 is 5.32 Å². The molecule has 6 heteroatoms. The zero-order valence-electron chi connectivity index (χ0n) is 9.83. The summed E-state index contributed by atoms with van der Waals surface area (Å²) in [5.41, 5.74) is 1.00. The highest BCUT2D eigenvalue weighted by atomic mass is 32.1. The summed E-state index contributed by atoms with van der Waals surface area (Å²) in [6.45, 7) is 0.435. The summed E-state index contributed by atoms with van der Waals surface area (Å²) in [5.74, 6) is 0.0545. The minimum absolute atomic E-state index is 0.0545. The van der Waals surface area contributed by atoms with Crippen LogP contribution in [0.3, 0.4) is 0 Å². The second kappa shape index (κ2) is 4.47. The molecule has 2 aromatic heterocycles. The predicted molar refractivity (Wildman–Crippen MR) is 68.9 cm³/mol. The van der Waals surface area contributed by atoms with Gasteiger partial charge in [0, 0.05) is 24.2 Å². The van der Waals surface area contributed by atoms with Gasteiger partial charge in [0.15, 0.2) is 0 Å². The van der Waals surface area contributed by atoms with Gasteiger partial charge in [0.1, 0.15) is 11.2 Å². The van der Waals surface area contributed by atoms with E-state index in [9.17, 15) is 4.79 Å². The number of pyridine rings is 1. The zero-order chi connectivity index (χ0) is 12.5. The molecule has 1 aliphatic heterocycles. The normalized spacial score (nSPS) is 20.1. The molecule has 1 aliphatic rings. The summed E-state index contributed by atoms with van der Waals surface area (Å²) in [4.78, 5) is 22.8. The van der Waals surface area contributed by atoms with Gasteiger partial charge in [0.25, 0.3) is 0 Å². The molecule has 2 aromatic rings. The van der Waals surface area contributed by atoms with Gasteiger partial charge in [-0.2, -0.15) is 0 Å². The van der Waals surface area contributed by atoms with Crippen LogP contribution in [0.25, 0.3) is 10.6 Å². The number of rotatable bonds is 2. The van der Waals surface area contributed by atoms with Crippen LogP contribution in [0.4, 0.5) is 0 Å². The number of nitrogens with zero attached hydrogens (tertiary/aromatic N) is 3. The molecule has 0 aromatic carbocycles. The van der Waals surface area contributed by atoms with Crippen LogP contribution >= 0.6 is 11.3 Å². The second-order valence-electron chi connectivity index (χ2n) is 4.19. The lowest BCUT2D eigenvalue weighted by atomic mass is 10.3. The number of hydrogen-bond acceptors (Lipinski definition) is 5. The third kappa shape index (κ3) is 2.00. The van der Waals surface area contributed by atoms with E-state index in [1.54, 1.807) is 23.7 Å². The quantitative estimate of drug-likeness (QED) is 0.883. The van der Waals surface area contributed by atoms with Gasteiger partial charge in [0.2, 0.25) is 5.91 Å². The summed E-state index contributed by atoms with van der Waals surface area (Å²) in [5, 5.41) is 3.85. The number of aromatic nitrogens is 2. The fraction of sp³-hybridized carbons (Fsp3) is 0.250. The maximum atomic E-state index is 11.3. The van der Waals surface area contributed by atoms with E-state index in [2.05, 4.69) is 15.3 Å². The molecule has 1 atom stereocenters. The molecule has 18 heavy (non-hydrogen) atoms. The van der Waals surface area contributed by atoms with Gasteiger partial charge in [0.05, 0.1) is 11.4 Å². The first-order valence-electron chi connectivity index (χ1n) is 5.60. The van der Waals surface area contributed by atoms with E-state index >= 15 is 0 Å². The van der Waals surface area contributed by atoms with Crippen molar-refractivity contribution in [2.24, 2.45) is 0 Å². The van der Waals surface area contributed by atoms with Crippen LogP contribution in [0.2, 0.25) is 0 Å².